The van der Waals surface area contributed by atoms with Gasteiger partial charge in [0.15, 0.2) is 0 Å². The summed E-state index contributed by atoms with van der Waals surface area (Å²) in [6.07, 6.45) is 2.45. The predicted molar refractivity (Wildman–Crippen MR) is 93.4 cm³/mol. The molecule has 0 aliphatic rings. The summed E-state index contributed by atoms with van der Waals surface area (Å²) in [4.78, 5) is 16.9. The van der Waals surface area contributed by atoms with Crippen LogP contribution in [0.2, 0.25) is 0 Å². The van der Waals surface area contributed by atoms with E-state index in [-0.39, 0.29) is 17.4 Å². The minimum Gasteiger partial charge on any atom is -0.296 e. The summed E-state index contributed by atoms with van der Waals surface area (Å²) in [5.74, 6) is 5.59. The van der Waals surface area contributed by atoms with Gasteiger partial charge in [0.2, 0.25) is 0 Å². The highest BCUT2D eigenvalue weighted by Crippen LogP contribution is 2.13. The molecule has 0 bridgehead atoms. The average molecular weight is 320 g/mol. The van der Waals surface area contributed by atoms with Crippen molar-refractivity contribution in [3.63, 3.8) is 0 Å². The van der Waals surface area contributed by atoms with E-state index < -0.39 is 0 Å². The third-order valence-corrected chi connectivity index (χ3v) is 4.03. The molecule has 1 unspecified atom stereocenters. The molecule has 24 heavy (non-hydrogen) atoms. The molecule has 0 radical (unpaired) electrons. The number of hydrogen-bond donors (Lipinski definition) is 0. The SMILES string of the molecule is CCC(C)n1cnc2cc(C#Cc3cccc(F)c3)ccc2c1=O. The number of hydrogen-bond acceptors (Lipinski definition) is 2. The Labute approximate surface area is 139 Å². The van der Waals surface area contributed by atoms with Crippen LogP contribution in [-0.4, -0.2) is 9.55 Å². The highest BCUT2D eigenvalue weighted by molar-refractivity contribution is 5.79. The summed E-state index contributed by atoms with van der Waals surface area (Å²) in [5.41, 5.74) is 1.92. The molecule has 0 spiro atoms. The summed E-state index contributed by atoms with van der Waals surface area (Å²) in [5, 5.41) is 0.578. The standard InChI is InChI=1S/C20H17FN2O/c1-3-14(2)23-13-22-19-12-16(9-10-18(19)20(23)24)8-7-15-5-4-6-17(21)11-15/h4-6,9-14H,3H2,1-2H3. The van der Waals surface area contributed by atoms with Crippen molar-refractivity contribution in [1.82, 2.24) is 9.55 Å². The van der Waals surface area contributed by atoms with Crippen molar-refractivity contribution < 1.29 is 4.39 Å². The molecule has 1 aromatic heterocycles. The summed E-state index contributed by atoms with van der Waals surface area (Å²) in [6, 6.07) is 11.6. The lowest BCUT2D eigenvalue weighted by Gasteiger charge is -2.12. The highest BCUT2D eigenvalue weighted by atomic mass is 19.1. The molecular weight excluding hydrogens is 303 g/mol. The van der Waals surface area contributed by atoms with Crippen molar-refractivity contribution in [1.29, 1.82) is 0 Å². The quantitative estimate of drug-likeness (QED) is 0.671. The second-order valence-corrected chi connectivity index (χ2v) is 5.71. The Morgan fingerprint density at radius 1 is 1.17 bits per heavy atom. The van der Waals surface area contributed by atoms with Crippen LogP contribution >= 0.6 is 0 Å². The van der Waals surface area contributed by atoms with Crippen molar-refractivity contribution in [2.24, 2.45) is 0 Å². The van der Waals surface area contributed by atoms with Crippen LogP contribution in [0.5, 0.6) is 0 Å². The number of aromatic nitrogens is 2. The Morgan fingerprint density at radius 3 is 2.62 bits per heavy atom. The zero-order chi connectivity index (χ0) is 17.1. The predicted octanol–water partition coefficient (Wildman–Crippen LogP) is 3.91. The van der Waals surface area contributed by atoms with Crippen LogP contribution < -0.4 is 5.56 Å². The Kier molecular flexibility index (Phi) is 4.43. The van der Waals surface area contributed by atoms with Crippen molar-refractivity contribution in [3.05, 3.63) is 76.1 Å². The second kappa shape index (κ2) is 6.67. The normalized spacial score (nSPS) is 11.8. The fourth-order valence-corrected chi connectivity index (χ4v) is 2.43. The Hall–Kier alpha value is -2.93. The van der Waals surface area contributed by atoms with E-state index in [1.165, 1.54) is 12.1 Å². The molecule has 0 fully saturated rings. The van der Waals surface area contributed by atoms with Gasteiger partial charge in [0.05, 0.1) is 17.2 Å². The molecule has 3 rings (SSSR count). The third kappa shape index (κ3) is 3.21. The van der Waals surface area contributed by atoms with E-state index >= 15 is 0 Å². The van der Waals surface area contributed by atoms with Gasteiger partial charge >= 0.3 is 0 Å². The van der Waals surface area contributed by atoms with E-state index in [0.29, 0.717) is 16.5 Å². The molecule has 1 atom stereocenters. The van der Waals surface area contributed by atoms with Gasteiger partial charge in [0.25, 0.3) is 5.56 Å². The van der Waals surface area contributed by atoms with Crippen LogP contribution in [0.25, 0.3) is 10.9 Å². The van der Waals surface area contributed by atoms with E-state index in [0.717, 1.165) is 12.0 Å². The molecule has 0 amide bonds. The largest absolute Gasteiger partial charge is 0.296 e. The van der Waals surface area contributed by atoms with Crippen molar-refractivity contribution in [2.75, 3.05) is 0 Å². The molecule has 3 aromatic rings. The Bertz CT molecular complexity index is 1010. The highest BCUT2D eigenvalue weighted by Gasteiger charge is 2.08. The van der Waals surface area contributed by atoms with E-state index in [2.05, 4.69) is 16.8 Å². The summed E-state index contributed by atoms with van der Waals surface area (Å²) in [6.45, 7) is 4.03. The van der Waals surface area contributed by atoms with Gasteiger partial charge in [-0.3, -0.25) is 9.36 Å². The lowest BCUT2D eigenvalue weighted by molar-refractivity contribution is 0.510. The first-order valence-electron chi connectivity index (χ1n) is 7.87. The molecule has 0 aliphatic carbocycles. The van der Waals surface area contributed by atoms with Crippen LogP contribution in [0.15, 0.2) is 53.6 Å². The Balaban J connectivity index is 2.00. The van der Waals surface area contributed by atoms with Gasteiger partial charge in [0, 0.05) is 17.2 Å². The van der Waals surface area contributed by atoms with Gasteiger partial charge in [-0.2, -0.15) is 0 Å². The van der Waals surface area contributed by atoms with Crippen LogP contribution in [-0.2, 0) is 0 Å². The first kappa shape index (κ1) is 15.9. The smallest absolute Gasteiger partial charge is 0.261 e. The number of rotatable bonds is 2. The van der Waals surface area contributed by atoms with Crippen molar-refractivity contribution in [2.45, 2.75) is 26.3 Å². The topological polar surface area (TPSA) is 34.9 Å². The lowest BCUT2D eigenvalue weighted by Crippen LogP contribution is -2.23. The molecule has 0 N–H and O–H groups in total. The first-order chi connectivity index (χ1) is 11.6. The van der Waals surface area contributed by atoms with Crippen LogP contribution in [0.3, 0.4) is 0 Å². The summed E-state index contributed by atoms with van der Waals surface area (Å²) in [7, 11) is 0. The minimum absolute atomic E-state index is 0.0426. The molecule has 3 nitrogen and oxygen atoms in total. The zero-order valence-corrected chi connectivity index (χ0v) is 13.6. The van der Waals surface area contributed by atoms with E-state index in [1.807, 2.05) is 13.8 Å². The average Bonchev–Trinajstić information content (AvgIpc) is 2.59. The number of fused-ring (bicyclic) bond motifs is 1. The first-order valence-corrected chi connectivity index (χ1v) is 7.87. The maximum absolute atomic E-state index is 13.2. The molecule has 2 aromatic carbocycles. The molecule has 120 valence electrons. The van der Waals surface area contributed by atoms with E-state index in [9.17, 15) is 9.18 Å². The monoisotopic (exact) mass is 320 g/mol. The summed E-state index contributed by atoms with van der Waals surface area (Å²) >= 11 is 0. The number of halogens is 1. The van der Waals surface area contributed by atoms with Crippen LogP contribution in [0, 0.1) is 17.7 Å². The molecule has 0 aliphatic heterocycles. The van der Waals surface area contributed by atoms with Gasteiger partial charge in [-0.15, -0.1) is 0 Å². The molecule has 0 saturated heterocycles. The molecule has 1 heterocycles. The number of nitrogens with zero attached hydrogens (tertiary/aromatic N) is 2. The minimum atomic E-state index is -0.312. The zero-order valence-electron chi connectivity index (χ0n) is 13.6. The maximum Gasteiger partial charge on any atom is 0.261 e. The van der Waals surface area contributed by atoms with Gasteiger partial charge < -0.3 is 0 Å². The summed E-state index contributed by atoms with van der Waals surface area (Å²) < 4.78 is 14.8. The van der Waals surface area contributed by atoms with Gasteiger partial charge in [0.1, 0.15) is 5.82 Å². The fourth-order valence-electron chi connectivity index (χ4n) is 2.43. The van der Waals surface area contributed by atoms with Gasteiger partial charge in [-0.05, 0) is 49.7 Å². The van der Waals surface area contributed by atoms with Crippen molar-refractivity contribution in [3.8, 4) is 11.8 Å². The van der Waals surface area contributed by atoms with E-state index in [1.54, 1.807) is 41.2 Å². The second-order valence-electron chi connectivity index (χ2n) is 5.71. The van der Waals surface area contributed by atoms with Crippen LogP contribution in [0.4, 0.5) is 4.39 Å². The van der Waals surface area contributed by atoms with Crippen molar-refractivity contribution >= 4 is 10.9 Å². The molecule has 4 heteroatoms. The third-order valence-electron chi connectivity index (χ3n) is 4.03. The van der Waals surface area contributed by atoms with Gasteiger partial charge in [-0.25, -0.2) is 9.37 Å². The fraction of sp³-hybridized carbons (Fsp3) is 0.200. The van der Waals surface area contributed by atoms with Crippen LogP contribution in [0.1, 0.15) is 37.4 Å². The lowest BCUT2D eigenvalue weighted by atomic mass is 10.1. The Morgan fingerprint density at radius 2 is 1.92 bits per heavy atom. The van der Waals surface area contributed by atoms with E-state index in [4.69, 9.17) is 0 Å². The number of benzene rings is 2. The molecular formula is C20H17FN2O. The molecule has 0 saturated carbocycles. The maximum atomic E-state index is 13.2. The van der Waals surface area contributed by atoms with Gasteiger partial charge in [-0.1, -0.05) is 24.8 Å².